The number of alkyl halides is 1. The topological polar surface area (TPSA) is 38.2 Å². The van der Waals surface area contributed by atoms with Gasteiger partial charge in [0.25, 0.3) is 0 Å². The highest BCUT2D eigenvalue weighted by molar-refractivity contribution is 9.09. The molecule has 1 rings (SSSR count). The molecule has 0 aliphatic heterocycles. The van der Waals surface area contributed by atoms with Gasteiger partial charge in [-0.3, -0.25) is 0 Å². The minimum atomic E-state index is 0.132. The molecule has 18 heavy (non-hydrogen) atoms. The van der Waals surface area contributed by atoms with E-state index in [1.165, 1.54) is 6.42 Å². The second-order valence-corrected chi connectivity index (χ2v) is 5.20. The molecule has 1 heterocycles. The van der Waals surface area contributed by atoms with E-state index < -0.39 is 0 Å². The maximum Gasteiger partial charge on any atom is 0.218 e. The Hall–Kier alpha value is -0.840. The second kappa shape index (κ2) is 8.29. The van der Waals surface area contributed by atoms with Gasteiger partial charge in [-0.1, -0.05) is 29.3 Å². The van der Waals surface area contributed by atoms with Crippen molar-refractivity contribution in [3.63, 3.8) is 0 Å². The Morgan fingerprint density at radius 2 is 2.11 bits per heavy atom. The number of halogens is 1. The number of hydrogen-bond acceptors (Lipinski definition) is 4. The zero-order valence-corrected chi connectivity index (χ0v) is 13.0. The van der Waals surface area contributed by atoms with Gasteiger partial charge in [-0.05, 0) is 20.3 Å². The van der Waals surface area contributed by atoms with Crippen LogP contribution in [-0.2, 0) is 0 Å². The van der Waals surface area contributed by atoms with Gasteiger partial charge < -0.3 is 9.64 Å². The normalized spacial score (nSPS) is 10.7. The Bertz CT molecular complexity index is 347. The van der Waals surface area contributed by atoms with Crippen LogP contribution in [0.1, 0.15) is 33.6 Å². The molecular weight excluding hydrogens is 294 g/mol. The molecule has 0 N–H and O–H groups in total. The number of unbranched alkanes of at least 4 members (excludes halogenated alkanes) is 1. The fourth-order valence-corrected chi connectivity index (χ4v) is 2.03. The van der Waals surface area contributed by atoms with Crippen molar-refractivity contribution >= 4 is 21.7 Å². The van der Waals surface area contributed by atoms with Gasteiger partial charge in [0, 0.05) is 24.5 Å². The highest BCUT2D eigenvalue weighted by atomic mass is 79.9. The number of hydrogen-bond donors (Lipinski definition) is 0. The number of aromatic nitrogens is 2. The van der Waals surface area contributed by atoms with Crippen LogP contribution in [0.15, 0.2) is 12.4 Å². The molecule has 1 aromatic rings. The van der Waals surface area contributed by atoms with E-state index in [0.717, 1.165) is 30.7 Å². The van der Waals surface area contributed by atoms with Gasteiger partial charge in [0.15, 0.2) is 0 Å². The van der Waals surface area contributed by atoms with Crippen molar-refractivity contribution in [1.29, 1.82) is 0 Å². The largest absolute Gasteiger partial charge is 0.475 e. The van der Waals surface area contributed by atoms with Crippen LogP contribution in [0.5, 0.6) is 5.88 Å². The van der Waals surface area contributed by atoms with Crippen LogP contribution in [0.2, 0.25) is 0 Å². The average Bonchev–Trinajstić information content (AvgIpc) is 2.34. The maximum atomic E-state index is 5.60. The zero-order valence-electron chi connectivity index (χ0n) is 11.4. The SMILES string of the molecule is CCCCN(CCBr)c1cc(OC(C)C)ncn1. The predicted molar refractivity (Wildman–Crippen MR) is 78.7 cm³/mol. The summed E-state index contributed by atoms with van der Waals surface area (Å²) < 4.78 is 5.60. The highest BCUT2D eigenvalue weighted by Crippen LogP contribution is 2.17. The first-order chi connectivity index (χ1) is 8.67. The molecule has 0 spiro atoms. The van der Waals surface area contributed by atoms with E-state index in [2.05, 4.69) is 37.7 Å². The van der Waals surface area contributed by atoms with Crippen molar-refractivity contribution in [2.45, 2.75) is 39.7 Å². The highest BCUT2D eigenvalue weighted by Gasteiger charge is 2.09. The molecule has 0 aliphatic carbocycles. The van der Waals surface area contributed by atoms with Gasteiger partial charge in [-0.25, -0.2) is 9.97 Å². The monoisotopic (exact) mass is 315 g/mol. The van der Waals surface area contributed by atoms with Crippen molar-refractivity contribution in [3.8, 4) is 5.88 Å². The fraction of sp³-hybridized carbons (Fsp3) is 0.692. The molecule has 5 heteroatoms. The molecule has 4 nitrogen and oxygen atoms in total. The minimum absolute atomic E-state index is 0.132. The van der Waals surface area contributed by atoms with Gasteiger partial charge in [-0.2, -0.15) is 0 Å². The van der Waals surface area contributed by atoms with Crippen molar-refractivity contribution in [3.05, 3.63) is 12.4 Å². The van der Waals surface area contributed by atoms with Gasteiger partial charge >= 0.3 is 0 Å². The fourth-order valence-electron chi connectivity index (χ4n) is 1.60. The summed E-state index contributed by atoms with van der Waals surface area (Å²) in [5.74, 6) is 1.58. The number of rotatable bonds is 8. The summed E-state index contributed by atoms with van der Waals surface area (Å²) in [4.78, 5) is 10.7. The molecule has 0 aromatic carbocycles. The predicted octanol–water partition coefficient (Wildman–Crippen LogP) is 3.27. The van der Waals surface area contributed by atoms with Crippen molar-refractivity contribution < 1.29 is 4.74 Å². The van der Waals surface area contributed by atoms with E-state index in [9.17, 15) is 0 Å². The molecule has 102 valence electrons. The molecule has 0 amide bonds. The van der Waals surface area contributed by atoms with Crippen LogP contribution in [0.25, 0.3) is 0 Å². The molecular formula is C13H22BrN3O. The summed E-state index contributed by atoms with van der Waals surface area (Å²) >= 11 is 3.48. The lowest BCUT2D eigenvalue weighted by atomic mass is 10.3. The van der Waals surface area contributed by atoms with E-state index in [1.807, 2.05) is 19.9 Å². The van der Waals surface area contributed by atoms with Crippen LogP contribution in [0.4, 0.5) is 5.82 Å². The van der Waals surface area contributed by atoms with Crippen molar-refractivity contribution in [2.75, 3.05) is 23.3 Å². The third-order valence-electron chi connectivity index (χ3n) is 2.44. The first-order valence-electron chi connectivity index (χ1n) is 6.47. The number of ether oxygens (including phenoxy) is 1. The lowest BCUT2D eigenvalue weighted by Gasteiger charge is -2.22. The van der Waals surface area contributed by atoms with E-state index in [4.69, 9.17) is 4.74 Å². The van der Waals surface area contributed by atoms with Gasteiger partial charge in [-0.15, -0.1) is 0 Å². The molecule has 0 radical (unpaired) electrons. The third-order valence-corrected chi connectivity index (χ3v) is 2.80. The standard InChI is InChI=1S/C13H22BrN3O/c1-4-5-7-17(8-6-14)12-9-13(16-10-15-12)18-11(2)3/h9-11H,4-8H2,1-3H3. The van der Waals surface area contributed by atoms with E-state index in [-0.39, 0.29) is 6.10 Å². The Kier molecular flexibility index (Phi) is 7.01. The Labute approximate surface area is 118 Å². The molecule has 0 unspecified atom stereocenters. The Balaban J connectivity index is 2.76. The molecule has 0 saturated heterocycles. The first-order valence-corrected chi connectivity index (χ1v) is 7.59. The third kappa shape index (κ3) is 5.21. The number of anilines is 1. The summed E-state index contributed by atoms with van der Waals surface area (Å²) in [6, 6.07) is 1.92. The van der Waals surface area contributed by atoms with Crippen LogP contribution in [-0.4, -0.2) is 34.5 Å². The van der Waals surface area contributed by atoms with Gasteiger partial charge in [0.05, 0.1) is 6.10 Å². The quantitative estimate of drug-likeness (QED) is 0.690. The summed E-state index contributed by atoms with van der Waals surface area (Å²) in [5, 5.41) is 0.932. The number of nitrogens with zero attached hydrogens (tertiary/aromatic N) is 3. The summed E-state index contributed by atoms with van der Waals surface area (Å²) in [5.41, 5.74) is 0. The first kappa shape index (κ1) is 15.2. The van der Waals surface area contributed by atoms with E-state index in [1.54, 1.807) is 6.33 Å². The van der Waals surface area contributed by atoms with E-state index in [0.29, 0.717) is 5.88 Å². The van der Waals surface area contributed by atoms with Crippen molar-refractivity contribution in [2.24, 2.45) is 0 Å². The molecule has 0 atom stereocenters. The minimum Gasteiger partial charge on any atom is -0.475 e. The van der Waals surface area contributed by atoms with Crippen LogP contribution in [0, 0.1) is 0 Å². The van der Waals surface area contributed by atoms with Crippen molar-refractivity contribution in [1.82, 2.24) is 9.97 Å². The lowest BCUT2D eigenvalue weighted by molar-refractivity contribution is 0.232. The van der Waals surface area contributed by atoms with E-state index >= 15 is 0 Å². The second-order valence-electron chi connectivity index (χ2n) is 4.41. The summed E-state index contributed by atoms with van der Waals surface area (Å²) in [7, 11) is 0. The summed E-state index contributed by atoms with van der Waals surface area (Å²) in [6.07, 6.45) is 4.05. The maximum absolute atomic E-state index is 5.60. The molecule has 1 aromatic heterocycles. The van der Waals surface area contributed by atoms with Crippen LogP contribution < -0.4 is 9.64 Å². The van der Waals surface area contributed by atoms with Crippen LogP contribution >= 0.6 is 15.9 Å². The molecule has 0 aliphatic rings. The molecule has 0 bridgehead atoms. The Morgan fingerprint density at radius 3 is 2.72 bits per heavy atom. The molecule has 0 fully saturated rings. The van der Waals surface area contributed by atoms with Gasteiger partial charge in [0.2, 0.25) is 5.88 Å². The average molecular weight is 316 g/mol. The summed E-state index contributed by atoms with van der Waals surface area (Å²) in [6.45, 7) is 8.14. The Morgan fingerprint density at radius 1 is 1.33 bits per heavy atom. The smallest absolute Gasteiger partial charge is 0.218 e. The molecule has 0 saturated carbocycles. The lowest BCUT2D eigenvalue weighted by Crippen LogP contribution is -2.27. The van der Waals surface area contributed by atoms with Gasteiger partial charge in [0.1, 0.15) is 12.1 Å². The zero-order chi connectivity index (χ0) is 13.4. The van der Waals surface area contributed by atoms with Crippen LogP contribution in [0.3, 0.4) is 0 Å².